The van der Waals surface area contributed by atoms with Crippen molar-refractivity contribution < 1.29 is 52.8 Å². The molecule has 2 heterocycles. The van der Waals surface area contributed by atoms with E-state index in [0.717, 1.165) is 11.1 Å². The quantitative estimate of drug-likeness (QED) is 0.0513. The molecular formula is C34H48N7O10S+. The van der Waals surface area contributed by atoms with Crippen LogP contribution in [0.15, 0.2) is 41.8 Å². The van der Waals surface area contributed by atoms with Crippen molar-refractivity contribution in [3.63, 3.8) is 0 Å². The van der Waals surface area contributed by atoms with Gasteiger partial charge in [0, 0.05) is 18.1 Å². The highest BCUT2D eigenvalue weighted by molar-refractivity contribution is 7.10. The van der Waals surface area contributed by atoms with Gasteiger partial charge in [0.05, 0.1) is 18.3 Å². The molecule has 0 unspecified atom stereocenters. The van der Waals surface area contributed by atoms with Crippen LogP contribution in [0, 0.1) is 0 Å². The second kappa shape index (κ2) is 17.3. The van der Waals surface area contributed by atoms with E-state index >= 15 is 0 Å². The van der Waals surface area contributed by atoms with Crippen LogP contribution in [-0.2, 0) is 42.2 Å². The van der Waals surface area contributed by atoms with E-state index in [2.05, 4.69) is 25.1 Å². The number of carbonyl (C=O) groups is 4. The van der Waals surface area contributed by atoms with Gasteiger partial charge < -0.3 is 34.2 Å². The molecule has 0 spiro atoms. The van der Waals surface area contributed by atoms with E-state index in [1.165, 1.54) is 0 Å². The Hall–Kier alpha value is -5.26. The number of alkyl carbamates (subject to hydrolysis) is 1. The molecule has 0 radical (unpaired) electrons. The fraction of sp³-hybridized carbons (Fsp3) is 0.529. The predicted molar refractivity (Wildman–Crippen MR) is 190 cm³/mol. The molecule has 3 N–H and O–H groups in total. The third-order valence-electron chi connectivity index (χ3n) is 6.23. The van der Waals surface area contributed by atoms with Crippen LogP contribution in [0.1, 0.15) is 74.6 Å². The largest absolute Gasteiger partial charge is 0.489 e. The molecule has 52 heavy (non-hydrogen) atoms. The molecule has 1 aromatic carbocycles. The van der Waals surface area contributed by atoms with Gasteiger partial charge in [0.15, 0.2) is 7.05 Å². The number of nitrogens with one attached hydrogen (secondary N) is 2. The number of nitrogens with zero attached hydrogens (tertiary/aromatic N) is 5. The maximum Gasteiger partial charge on any atom is 0.414 e. The van der Waals surface area contributed by atoms with Crippen LogP contribution in [-0.4, -0.2) is 85.0 Å². The number of benzene rings is 1. The molecule has 17 nitrogen and oxygen atoms in total. The predicted octanol–water partition coefficient (Wildman–Crippen LogP) is 4.69. The van der Waals surface area contributed by atoms with E-state index < -0.39 is 52.7 Å². The molecule has 0 fully saturated rings. The van der Waals surface area contributed by atoms with Gasteiger partial charge >= 0.3 is 24.1 Å². The summed E-state index contributed by atoms with van der Waals surface area (Å²) in [5.41, 5.74) is -1.08. The first kappa shape index (κ1) is 41.2. The molecule has 284 valence electrons. The van der Waals surface area contributed by atoms with Crippen LogP contribution in [0.25, 0.3) is 11.1 Å². The maximum absolute atomic E-state index is 13.0. The third kappa shape index (κ3) is 14.2. The Bertz CT molecular complexity index is 1730. The number of ether oxygens (including phenoxy) is 4. The number of esters is 1. The number of amides is 2. The highest BCUT2D eigenvalue weighted by Gasteiger charge is 2.30. The van der Waals surface area contributed by atoms with Gasteiger partial charge in [0.1, 0.15) is 29.2 Å². The molecule has 3 aromatic rings. The molecule has 0 aliphatic heterocycles. The first-order valence-corrected chi connectivity index (χ1v) is 17.2. The van der Waals surface area contributed by atoms with Crippen LogP contribution in [0.3, 0.4) is 0 Å². The van der Waals surface area contributed by atoms with Gasteiger partial charge in [-0.2, -0.15) is 14.0 Å². The molecule has 0 bridgehead atoms. The van der Waals surface area contributed by atoms with Crippen molar-refractivity contribution in [3.05, 3.63) is 42.5 Å². The number of carbonyl (C=O) groups excluding carboxylic acids is 3. The van der Waals surface area contributed by atoms with Crippen molar-refractivity contribution in [2.45, 2.75) is 98.2 Å². The lowest BCUT2D eigenvalue weighted by molar-refractivity contribution is -0.753. The van der Waals surface area contributed by atoms with Gasteiger partial charge in [-0.1, -0.05) is 17.3 Å². The molecule has 2 amide bonds. The molecule has 0 saturated carbocycles. The molecule has 3 rings (SSSR count). The highest BCUT2D eigenvalue weighted by Crippen LogP contribution is 2.23. The summed E-state index contributed by atoms with van der Waals surface area (Å²) in [5, 5.41) is 18.6. The second-order valence-corrected chi connectivity index (χ2v) is 15.2. The molecule has 2 aromatic heterocycles. The average molecular weight is 747 g/mol. The molecule has 18 heteroatoms. The van der Waals surface area contributed by atoms with Crippen LogP contribution in [0.2, 0.25) is 0 Å². The summed E-state index contributed by atoms with van der Waals surface area (Å²) in [6.07, 6.45) is 1.93. The Balaban J connectivity index is 1.67. The van der Waals surface area contributed by atoms with Gasteiger partial charge in [0.2, 0.25) is 22.9 Å². The summed E-state index contributed by atoms with van der Waals surface area (Å²) < 4.78 is 29.6. The lowest BCUT2D eigenvalue weighted by atomic mass is 10.1. The number of hydrogen-bond acceptors (Lipinski definition) is 13. The summed E-state index contributed by atoms with van der Waals surface area (Å²) in [4.78, 5) is 58.4. The number of aliphatic carboxylic acids is 1. The standard InChI is InChI=1S/C34H47N7O10S/c1-32(2,3)48-28(44)24(51-38-25(27(42)43)26-36-29(52-39-26)37-31(46)50-34(7,8)9)20-47-23-14-12-21(13-15-23)22-18-40(10)41(19-22)17-11-16-35-30(45)49-33(4,5)6/h12-15,18-19,24H,11,16-17,20H2,1-10H3,(H2-,35,36,37,39,42,43,45,46)/p+1/b38-25-/t24-/m0/s1. The molecule has 0 aliphatic rings. The van der Waals surface area contributed by atoms with E-state index in [4.69, 9.17) is 23.8 Å². The van der Waals surface area contributed by atoms with Crippen molar-refractivity contribution >= 4 is 46.5 Å². The first-order valence-electron chi connectivity index (χ1n) is 16.4. The minimum absolute atomic E-state index is 0.0356. The lowest BCUT2D eigenvalue weighted by Gasteiger charge is -2.23. The minimum Gasteiger partial charge on any atom is -0.489 e. The number of aromatic nitrogens is 4. The van der Waals surface area contributed by atoms with Crippen LogP contribution in [0.5, 0.6) is 5.75 Å². The van der Waals surface area contributed by atoms with E-state index in [1.54, 1.807) is 53.7 Å². The molecule has 0 saturated heterocycles. The Labute approximate surface area is 306 Å². The topological polar surface area (TPSA) is 206 Å². The van der Waals surface area contributed by atoms with Gasteiger partial charge in [-0.05, 0) is 86.4 Å². The van der Waals surface area contributed by atoms with Crippen molar-refractivity contribution in [2.75, 3.05) is 18.5 Å². The van der Waals surface area contributed by atoms with Crippen molar-refractivity contribution in [1.29, 1.82) is 0 Å². The normalized spacial score (nSPS) is 12.8. The summed E-state index contributed by atoms with van der Waals surface area (Å²) in [6, 6.07) is 7.13. The fourth-order valence-corrected chi connectivity index (χ4v) is 4.71. The van der Waals surface area contributed by atoms with E-state index in [1.807, 2.05) is 61.7 Å². The van der Waals surface area contributed by atoms with Gasteiger partial charge in [-0.25, -0.2) is 19.2 Å². The van der Waals surface area contributed by atoms with E-state index in [0.29, 0.717) is 36.8 Å². The second-order valence-electron chi connectivity index (χ2n) is 14.5. The Morgan fingerprint density at radius 1 is 0.923 bits per heavy atom. The fourth-order valence-electron chi connectivity index (χ4n) is 4.16. The zero-order chi connectivity index (χ0) is 38.9. The summed E-state index contributed by atoms with van der Waals surface area (Å²) >= 11 is 0.704. The number of carboxylic acids is 1. The van der Waals surface area contributed by atoms with Gasteiger partial charge in [-0.3, -0.25) is 5.32 Å². The zero-order valence-electron chi connectivity index (χ0n) is 31.1. The maximum atomic E-state index is 13.0. The Morgan fingerprint density at radius 2 is 1.54 bits per heavy atom. The Kier molecular flexibility index (Phi) is 13.7. The molecular weight excluding hydrogens is 698 g/mol. The Morgan fingerprint density at radius 3 is 2.13 bits per heavy atom. The number of carboxylic acid groups (broad SMARTS) is 1. The van der Waals surface area contributed by atoms with E-state index in [-0.39, 0.29) is 17.6 Å². The van der Waals surface area contributed by atoms with Crippen LogP contribution >= 0.6 is 11.5 Å². The first-order chi connectivity index (χ1) is 24.1. The minimum atomic E-state index is -1.54. The molecule has 0 aliphatic carbocycles. The molecule has 1 atom stereocenters. The monoisotopic (exact) mass is 746 g/mol. The van der Waals surface area contributed by atoms with Gasteiger partial charge in [-0.15, -0.1) is 4.68 Å². The third-order valence-corrected chi connectivity index (χ3v) is 6.86. The van der Waals surface area contributed by atoms with Crippen LogP contribution in [0.4, 0.5) is 14.7 Å². The number of oxime groups is 1. The van der Waals surface area contributed by atoms with Gasteiger partial charge in [0.25, 0.3) is 6.10 Å². The smallest absolute Gasteiger partial charge is 0.414 e. The highest BCUT2D eigenvalue weighted by atomic mass is 32.1. The van der Waals surface area contributed by atoms with Crippen LogP contribution < -0.4 is 20.1 Å². The number of aryl methyl sites for hydroxylation is 2. The zero-order valence-corrected chi connectivity index (χ0v) is 32.0. The number of hydrogen-bond donors (Lipinski definition) is 3. The lowest BCUT2D eigenvalue weighted by Crippen LogP contribution is -2.39. The SMILES string of the molecule is C[n+]1cc(-c2ccc(OC[C@H](O/N=C(\C(=O)O)c3nsc(NC(=O)OC(C)(C)C)n3)C(=O)OC(C)(C)C)cc2)cn1CCCNC(=O)OC(C)(C)C. The number of anilines is 1. The van der Waals surface area contributed by atoms with E-state index in [9.17, 15) is 24.3 Å². The van der Waals surface area contributed by atoms with Crippen molar-refractivity contribution in [1.82, 2.24) is 19.4 Å². The summed E-state index contributed by atoms with van der Waals surface area (Å²) in [6.45, 7) is 16.2. The average Bonchev–Trinajstić information content (AvgIpc) is 3.60. The number of rotatable bonds is 14. The summed E-state index contributed by atoms with van der Waals surface area (Å²) in [7, 11) is 1.92. The summed E-state index contributed by atoms with van der Waals surface area (Å²) in [5.74, 6) is -2.34. The van der Waals surface area contributed by atoms with Crippen molar-refractivity contribution in [2.24, 2.45) is 12.2 Å². The van der Waals surface area contributed by atoms with Crippen molar-refractivity contribution in [3.8, 4) is 16.9 Å².